The van der Waals surface area contributed by atoms with E-state index < -0.39 is 0 Å². The van der Waals surface area contributed by atoms with E-state index in [0.717, 1.165) is 46.0 Å². The number of nitrogens with one attached hydrogen (secondary N) is 1. The van der Waals surface area contributed by atoms with Crippen LogP contribution in [0.15, 0.2) is 65.9 Å². The van der Waals surface area contributed by atoms with Gasteiger partial charge in [-0.2, -0.15) is 0 Å². The Bertz CT molecular complexity index is 1250. The van der Waals surface area contributed by atoms with E-state index in [4.69, 9.17) is 9.47 Å². The minimum absolute atomic E-state index is 0.0512. The molecule has 0 bridgehead atoms. The Morgan fingerprint density at radius 1 is 0.967 bits per heavy atom. The maximum absolute atomic E-state index is 13.4. The lowest BCUT2D eigenvalue weighted by Gasteiger charge is -2.40. The minimum Gasteiger partial charge on any atom is -0.454 e. The van der Waals surface area contributed by atoms with Crippen molar-refractivity contribution in [1.82, 2.24) is 0 Å². The fourth-order valence-electron chi connectivity index (χ4n) is 5.19. The molecule has 0 saturated carbocycles. The molecule has 1 aliphatic carbocycles. The number of Topliss-reactive ketones (excluding diaryl/α,β-unsaturated/α-hetero) is 1. The van der Waals surface area contributed by atoms with Crippen LogP contribution in [-0.4, -0.2) is 12.6 Å². The first kappa shape index (κ1) is 17.6. The second-order valence-corrected chi connectivity index (χ2v) is 9.25. The quantitative estimate of drug-likeness (QED) is 0.566. The highest BCUT2D eigenvalue weighted by Gasteiger charge is 2.41. The van der Waals surface area contributed by atoms with E-state index in [1.165, 1.54) is 10.8 Å². The standard InChI is InChI=1S/C26H23NO3/c1-26(2)12-19-24(20(28)13-26)23(16-8-10-21-22(11-16)30-14-29-21)18-9-7-15-5-3-4-6-17(15)25(18)27-19/h3-11,23,27H,12-14H2,1-2H3/t23-/m0/s1. The van der Waals surface area contributed by atoms with Crippen molar-refractivity contribution in [2.75, 3.05) is 12.1 Å². The van der Waals surface area contributed by atoms with Gasteiger partial charge in [-0.15, -0.1) is 0 Å². The van der Waals surface area contributed by atoms with Gasteiger partial charge in [0.1, 0.15) is 0 Å². The molecule has 4 heteroatoms. The summed E-state index contributed by atoms with van der Waals surface area (Å²) in [6.45, 7) is 4.59. The smallest absolute Gasteiger partial charge is 0.231 e. The van der Waals surface area contributed by atoms with Crippen molar-refractivity contribution in [3.63, 3.8) is 0 Å². The molecule has 4 nitrogen and oxygen atoms in total. The molecule has 2 heterocycles. The molecule has 3 aromatic rings. The Labute approximate surface area is 175 Å². The summed E-state index contributed by atoms with van der Waals surface area (Å²) in [7, 11) is 0. The van der Waals surface area contributed by atoms with Crippen molar-refractivity contribution in [2.24, 2.45) is 5.41 Å². The van der Waals surface area contributed by atoms with Gasteiger partial charge in [-0.1, -0.05) is 56.3 Å². The Kier molecular flexibility index (Phi) is 3.58. The summed E-state index contributed by atoms with van der Waals surface area (Å²) in [5.41, 5.74) is 5.22. The first-order chi connectivity index (χ1) is 14.5. The van der Waals surface area contributed by atoms with Gasteiger partial charge >= 0.3 is 0 Å². The zero-order chi connectivity index (χ0) is 20.5. The Morgan fingerprint density at radius 2 is 1.80 bits per heavy atom. The number of carbonyl (C=O) groups is 1. The van der Waals surface area contributed by atoms with Crippen LogP contribution < -0.4 is 14.8 Å². The van der Waals surface area contributed by atoms with Gasteiger partial charge in [0.15, 0.2) is 17.3 Å². The maximum Gasteiger partial charge on any atom is 0.231 e. The normalized spacial score (nSPS) is 21.3. The molecule has 0 spiro atoms. The molecule has 1 N–H and O–H groups in total. The van der Waals surface area contributed by atoms with Crippen molar-refractivity contribution in [2.45, 2.75) is 32.6 Å². The molecule has 30 heavy (non-hydrogen) atoms. The summed E-state index contributed by atoms with van der Waals surface area (Å²) in [5, 5.41) is 6.06. The number of carbonyl (C=O) groups excluding carboxylic acids is 1. The van der Waals surface area contributed by atoms with Crippen LogP contribution >= 0.6 is 0 Å². The molecule has 0 fully saturated rings. The van der Waals surface area contributed by atoms with E-state index in [0.29, 0.717) is 6.42 Å². The number of fused-ring (bicyclic) bond motifs is 4. The Hall–Kier alpha value is -3.27. The second-order valence-electron chi connectivity index (χ2n) is 9.25. The third-order valence-electron chi connectivity index (χ3n) is 6.49. The molecule has 2 aliphatic heterocycles. The van der Waals surface area contributed by atoms with Crippen LogP contribution in [0.3, 0.4) is 0 Å². The van der Waals surface area contributed by atoms with Gasteiger partial charge in [0.25, 0.3) is 0 Å². The van der Waals surface area contributed by atoms with Crippen LogP contribution in [0.25, 0.3) is 10.8 Å². The molecule has 0 unspecified atom stereocenters. The number of allylic oxidation sites excluding steroid dienone is 2. The fraction of sp³-hybridized carbons (Fsp3) is 0.269. The lowest BCUT2D eigenvalue weighted by atomic mass is 9.68. The SMILES string of the molecule is CC1(C)CC(=O)C2=C(C1)Nc1c(ccc3ccccc13)[C@@H]2c1ccc2c(c1)OCO2. The third kappa shape index (κ3) is 2.56. The summed E-state index contributed by atoms with van der Waals surface area (Å²) >= 11 is 0. The fourth-order valence-corrected chi connectivity index (χ4v) is 5.19. The summed E-state index contributed by atoms with van der Waals surface area (Å²) < 4.78 is 11.2. The van der Waals surface area contributed by atoms with Gasteiger partial charge in [-0.3, -0.25) is 4.79 Å². The molecule has 0 radical (unpaired) electrons. The van der Waals surface area contributed by atoms with Gasteiger partial charge in [0.05, 0.1) is 5.69 Å². The second kappa shape index (κ2) is 6.11. The van der Waals surface area contributed by atoms with Crippen LogP contribution in [0.5, 0.6) is 11.5 Å². The predicted octanol–water partition coefficient (Wildman–Crippen LogP) is 5.77. The van der Waals surface area contributed by atoms with Crippen LogP contribution in [0.2, 0.25) is 0 Å². The van der Waals surface area contributed by atoms with Gasteiger partial charge in [-0.25, -0.2) is 0 Å². The molecule has 6 rings (SSSR count). The highest BCUT2D eigenvalue weighted by Crippen LogP contribution is 2.51. The van der Waals surface area contributed by atoms with E-state index in [1.54, 1.807) is 0 Å². The van der Waals surface area contributed by atoms with Crippen LogP contribution in [0.1, 0.15) is 43.7 Å². The van der Waals surface area contributed by atoms with E-state index >= 15 is 0 Å². The third-order valence-corrected chi connectivity index (χ3v) is 6.49. The van der Waals surface area contributed by atoms with Crippen LogP contribution in [0, 0.1) is 5.41 Å². The number of ketones is 1. The minimum atomic E-state index is -0.112. The van der Waals surface area contributed by atoms with Gasteiger partial charge < -0.3 is 14.8 Å². The molecule has 1 atom stereocenters. The molecule has 0 amide bonds. The van der Waals surface area contributed by atoms with Crippen LogP contribution in [-0.2, 0) is 4.79 Å². The molecular weight excluding hydrogens is 374 g/mol. The number of ether oxygens (including phenoxy) is 2. The Balaban J connectivity index is 1.61. The van der Waals surface area contributed by atoms with E-state index in [2.05, 4.69) is 61.6 Å². The molecule has 3 aromatic carbocycles. The first-order valence-corrected chi connectivity index (χ1v) is 10.4. The highest BCUT2D eigenvalue weighted by atomic mass is 16.7. The summed E-state index contributed by atoms with van der Waals surface area (Å²) in [6, 6.07) is 18.8. The van der Waals surface area contributed by atoms with E-state index in [-0.39, 0.29) is 23.9 Å². The number of hydrogen-bond acceptors (Lipinski definition) is 4. The molecule has 150 valence electrons. The van der Waals surface area contributed by atoms with Crippen molar-refractivity contribution in [3.8, 4) is 11.5 Å². The number of hydrogen-bond donors (Lipinski definition) is 1. The van der Waals surface area contributed by atoms with Gasteiger partial charge in [0, 0.05) is 29.0 Å². The zero-order valence-corrected chi connectivity index (χ0v) is 17.1. The summed E-state index contributed by atoms with van der Waals surface area (Å²) in [4.78, 5) is 13.4. The zero-order valence-electron chi connectivity index (χ0n) is 17.1. The van der Waals surface area contributed by atoms with Crippen LogP contribution in [0.4, 0.5) is 5.69 Å². The number of anilines is 1. The lowest BCUT2D eigenvalue weighted by Crippen LogP contribution is -2.33. The summed E-state index contributed by atoms with van der Waals surface area (Å²) in [5.74, 6) is 1.63. The molecule has 0 saturated heterocycles. The van der Waals surface area contributed by atoms with Gasteiger partial charge in [0.2, 0.25) is 6.79 Å². The molecule has 0 aromatic heterocycles. The average molecular weight is 397 g/mol. The summed E-state index contributed by atoms with van der Waals surface area (Å²) in [6.07, 6.45) is 1.43. The first-order valence-electron chi connectivity index (χ1n) is 10.4. The largest absolute Gasteiger partial charge is 0.454 e. The van der Waals surface area contributed by atoms with Crippen molar-refractivity contribution in [3.05, 3.63) is 77.0 Å². The maximum atomic E-state index is 13.4. The molecular formula is C26H23NO3. The van der Waals surface area contributed by atoms with Gasteiger partial charge in [-0.05, 0) is 40.5 Å². The van der Waals surface area contributed by atoms with Crippen molar-refractivity contribution < 1.29 is 14.3 Å². The average Bonchev–Trinajstić information content (AvgIpc) is 3.19. The predicted molar refractivity (Wildman–Crippen MR) is 117 cm³/mol. The number of benzene rings is 3. The van der Waals surface area contributed by atoms with E-state index in [1.807, 2.05) is 12.1 Å². The number of rotatable bonds is 1. The topological polar surface area (TPSA) is 47.6 Å². The van der Waals surface area contributed by atoms with E-state index in [9.17, 15) is 4.79 Å². The lowest BCUT2D eigenvalue weighted by molar-refractivity contribution is -0.118. The van der Waals surface area contributed by atoms with Crippen molar-refractivity contribution >= 4 is 22.2 Å². The molecule has 3 aliphatic rings. The van der Waals surface area contributed by atoms with Crippen molar-refractivity contribution in [1.29, 1.82) is 0 Å². The monoisotopic (exact) mass is 397 g/mol. The highest BCUT2D eigenvalue weighted by molar-refractivity contribution is 6.05. The Morgan fingerprint density at radius 3 is 2.70 bits per heavy atom.